The van der Waals surface area contributed by atoms with Gasteiger partial charge in [0, 0.05) is 0 Å². The third kappa shape index (κ3) is 7.52. The van der Waals surface area contributed by atoms with Crippen LogP contribution < -0.4 is 0 Å². The van der Waals surface area contributed by atoms with Gasteiger partial charge in [-0.25, -0.2) is 0 Å². The third-order valence-electron chi connectivity index (χ3n) is 5.53. The standard InChI is InChI=1S/C20H34O14/c1-7(4-11(21)22)31-20-18(29)16(27)14(25)10(34-20)6-30-12(23)5-8(2)32-19-17(28)15(26)13(24)9(3)33-19/h7-10,13-20,24-29H,4-6H2,1-3H3,(H,21,22)/t7-,8-,9+,10-,13+,14-,15-,16+,17+,18-,19+,20-/m0/s1. The maximum absolute atomic E-state index is 12.2. The number of carboxylic acids is 1. The summed E-state index contributed by atoms with van der Waals surface area (Å²) in [4.78, 5) is 23.0. The van der Waals surface area contributed by atoms with E-state index in [0.717, 1.165) is 0 Å². The molecule has 0 radical (unpaired) electrons. The van der Waals surface area contributed by atoms with Crippen LogP contribution in [-0.2, 0) is 33.3 Å². The van der Waals surface area contributed by atoms with Gasteiger partial charge in [-0.1, -0.05) is 0 Å². The Hall–Kier alpha value is -1.46. The van der Waals surface area contributed by atoms with E-state index in [1.165, 1.54) is 20.8 Å². The van der Waals surface area contributed by atoms with Crippen LogP contribution in [0.15, 0.2) is 0 Å². The van der Waals surface area contributed by atoms with Crippen molar-refractivity contribution in [3.63, 3.8) is 0 Å². The van der Waals surface area contributed by atoms with Gasteiger partial charge in [0.25, 0.3) is 0 Å². The number of hydrogen-bond donors (Lipinski definition) is 7. The molecule has 0 unspecified atom stereocenters. The predicted octanol–water partition coefficient (Wildman–Crippen LogP) is -3.16. The van der Waals surface area contributed by atoms with Crippen LogP contribution in [0.3, 0.4) is 0 Å². The molecule has 7 N–H and O–H groups in total. The summed E-state index contributed by atoms with van der Waals surface area (Å²) >= 11 is 0. The van der Waals surface area contributed by atoms with E-state index >= 15 is 0 Å². The Labute approximate surface area is 195 Å². The number of carboxylic acid groups (broad SMARTS) is 1. The van der Waals surface area contributed by atoms with Gasteiger partial charge in [0.2, 0.25) is 0 Å². The molecule has 0 bridgehead atoms. The van der Waals surface area contributed by atoms with Crippen molar-refractivity contribution in [1.82, 2.24) is 0 Å². The molecule has 12 atom stereocenters. The van der Waals surface area contributed by atoms with Gasteiger partial charge in [0.1, 0.15) is 49.3 Å². The molecule has 0 spiro atoms. The molecule has 2 rings (SSSR count). The van der Waals surface area contributed by atoms with Crippen LogP contribution in [0.1, 0.15) is 33.6 Å². The lowest BCUT2D eigenvalue weighted by Crippen LogP contribution is -2.60. The fourth-order valence-corrected chi connectivity index (χ4v) is 3.56. The molecular formula is C20H34O14. The van der Waals surface area contributed by atoms with Gasteiger partial charge < -0.3 is 59.4 Å². The van der Waals surface area contributed by atoms with Crippen molar-refractivity contribution >= 4 is 11.9 Å². The highest BCUT2D eigenvalue weighted by Crippen LogP contribution is 2.25. The molecule has 14 nitrogen and oxygen atoms in total. The van der Waals surface area contributed by atoms with Crippen molar-refractivity contribution in [1.29, 1.82) is 0 Å². The number of rotatable bonds is 10. The molecule has 2 fully saturated rings. The van der Waals surface area contributed by atoms with E-state index < -0.39 is 98.6 Å². The van der Waals surface area contributed by atoms with Crippen LogP contribution in [0.2, 0.25) is 0 Å². The van der Waals surface area contributed by atoms with Crippen molar-refractivity contribution < 1.29 is 69.0 Å². The number of aliphatic hydroxyl groups excluding tert-OH is 6. The van der Waals surface area contributed by atoms with Gasteiger partial charge in [0.15, 0.2) is 12.6 Å². The number of aliphatic hydroxyl groups is 6. The molecule has 198 valence electrons. The van der Waals surface area contributed by atoms with Crippen molar-refractivity contribution in [2.45, 2.75) is 107 Å². The van der Waals surface area contributed by atoms with Crippen LogP contribution in [-0.4, -0.2) is 128 Å². The second-order valence-corrected chi connectivity index (χ2v) is 8.57. The average Bonchev–Trinajstić information content (AvgIpc) is 2.74. The number of carbonyl (C=O) groups excluding carboxylic acids is 1. The van der Waals surface area contributed by atoms with Crippen LogP contribution in [0.5, 0.6) is 0 Å². The van der Waals surface area contributed by atoms with E-state index in [0.29, 0.717) is 0 Å². The summed E-state index contributed by atoms with van der Waals surface area (Å²) in [5.74, 6) is -1.94. The summed E-state index contributed by atoms with van der Waals surface area (Å²) in [6.07, 6.45) is -16.6. The fraction of sp³-hybridized carbons (Fsp3) is 0.900. The highest BCUT2D eigenvalue weighted by atomic mass is 16.7. The van der Waals surface area contributed by atoms with Gasteiger partial charge in [0.05, 0.1) is 31.2 Å². The van der Waals surface area contributed by atoms with Crippen molar-refractivity contribution in [3.8, 4) is 0 Å². The van der Waals surface area contributed by atoms with E-state index in [1.54, 1.807) is 0 Å². The molecule has 34 heavy (non-hydrogen) atoms. The summed E-state index contributed by atoms with van der Waals surface area (Å²) in [6, 6.07) is 0. The molecule has 0 aromatic heterocycles. The van der Waals surface area contributed by atoms with Crippen LogP contribution in [0.4, 0.5) is 0 Å². The molecule has 2 aliphatic heterocycles. The SMILES string of the molecule is C[C@@H](CC(=O)O)O[C@H]1O[C@@H](COC(=O)C[C@H](C)O[C@@H]2O[C@H](C)[C@@H](O)[C@H](O)[C@H]2O)[C@H](O)[C@@H](O)[C@@H]1O. The monoisotopic (exact) mass is 498 g/mol. The molecule has 0 aliphatic carbocycles. The molecule has 2 saturated heterocycles. The lowest BCUT2D eigenvalue weighted by atomic mass is 9.99. The minimum Gasteiger partial charge on any atom is -0.481 e. The smallest absolute Gasteiger partial charge is 0.308 e. The molecule has 2 heterocycles. The predicted molar refractivity (Wildman–Crippen MR) is 108 cm³/mol. The molecule has 0 aromatic rings. The quantitative estimate of drug-likeness (QED) is 0.148. The van der Waals surface area contributed by atoms with Crippen LogP contribution in [0.25, 0.3) is 0 Å². The summed E-state index contributed by atoms with van der Waals surface area (Å²) in [5, 5.41) is 68.5. The Bertz CT molecular complexity index is 676. The summed E-state index contributed by atoms with van der Waals surface area (Å²) < 4.78 is 26.5. The number of hydrogen-bond acceptors (Lipinski definition) is 13. The number of ether oxygens (including phenoxy) is 5. The molecule has 2 aliphatic rings. The Balaban J connectivity index is 1.84. The van der Waals surface area contributed by atoms with Crippen molar-refractivity contribution in [2.24, 2.45) is 0 Å². The number of esters is 1. The first-order chi connectivity index (χ1) is 15.8. The third-order valence-corrected chi connectivity index (χ3v) is 5.53. The van der Waals surface area contributed by atoms with E-state index in [1.807, 2.05) is 0 Å². The molecule has 14 heteroatoms. The van der Waals surface area contributed by atoms with Gasteiger partial charge in [-0.2, -0.15) is 0 Å². The Kier molecular flexibility index (Phi) is 10.6. The van der Waals surface area contributed by atoms with E-state index in [-0.39, 0.29) is 6.42 Å². The zero-order valence-corrected chi connectivity index (χ0v) is 19.0. The number of aliphatic carboxylic acids is 1. The van der Waals surface area contributed by atoms with Crippen molar-refractivity contribution in [3.05, 3.63) is 0 Å². The maximum Gasteiger partial charge on any atom is 0.308 e. The summed E-state index contributed by atoms with van der Waals surface area (Å²) in [5.41, 5.74) is 0. The zero-order chi connectivity index (χ0) is 25.7. The topological polar surface area (TPSA) is 222 Å². The van der Waals surface area contributed by atoms with Gasteiger partial charge in [-0.3, -0.25) is 9.59 Å². The normalized spacial score (nSPS) is 40.4. The molecular weight excluding hydrogens is 464 g/mol. The minimum atomic E-state index is -1.70. The fourth-order valence-electron chi connectivity index (χ4n) is 3.56. The second-order valence-electron chi connectivity index (χ2n) is 8.57. The number of carbonyl (C=O) groups is 2. The van der Waals surface area contributed by atoms with Crippen molar-refractivity contribution in [2.75, 3.05) is 6.61 Å². The summed E-state index contributed by atoms with van der Waals surface area (Å²) in [7, 11) is 0. The summed E-state index contributed by atoms with van der Waals surface area (Å²) in [6.45, 7) is 3.87. The minimum absolute atomic E-state index is 0.316. The average molecular weight is 498 g/mol. The molecule has 0 amide bonds. The lowest BCUT2D eigenvalue weighted by molar-refractivity contribution is -0.311. The molecule has 0 saturated carbocycles. The lowest BCUT2D eigenvalue weighted by Gasteiger charge is -2.40. The first-order valence-electron chi connectivity index (χ1n) is 10.9. The first-order valence-corrected chi connectivity index (χ1v) is 10.9. The largest absolute Gasteiger partial charge is 0.481 e. The van der Waals surface area contributed by atoms with Crippen LogP contribution >= 0.6 is 0 Å². The van der Waals surface area contributed by atoms with E-state index in [9.17, 15) is 40.2 Å². The molecule has 0 aromatic carbocycles. The Morgan fingerprint density at radius 2 is 1.26 bits per heavy atom. The zero-order valence-electron chi connectivity index (χ0n) is 19.0. The van der Waals surface area contributed by atoms with Crippen LogP contribution in [0, 0.1) is 0 Å². The van der Waals surface area contributed by atoms with E-state index in [4.69, 9.17) is 28.8 Å². The van der Waals surface area contributed by atoms with Gasteiger partial charge in [-0.15, -0.1) is 0 Å². The highest BCUT2D eigenvalue weighted by Gasteiger charge is 2.46. The van der Waals surface area contributed by atoms with Gasteiger partial charge in [-0.05, 0) is 20.8 Å². The Morgan fingerprint density at radius 1 is 0.765 bits per heavy atom. The maximum atomic E-state index is 12.2. The van der Waals surface area contributed by atoms with Gasteiger partial charge >= 0.3 is 11.9 Å². The Morgan fingerprint density at radius 3 is 1.82 bits per heavy atom. The van der Waals surface area contributed by atoms with E-state index in [2.05, 4.69) is 0 Å². The first kappa shape index (κ1) is 28.8. The highest BCUT2D eigenvalue weighted by molar-refractivity contribution is 5.69. The second kappa shape index (κ2) is 12.5.